The molecule has 9 heteroatoms. The van der Waals surface area contributed by atoms with E-state index in [1.165, 1.54) is 5.56 Å². The molecule has 2 bridgehead atoms. The second-order valence-corrected chi connectivity index (χ2v) is 9.76. The summed E-state index contributed by atoms with van der Waals surface area (Å²) in [5.41, 5.74) is 4.44. The van der Waals surface area contributed by atoms with E-state index in [0.29, 0.717) is 56.9 Å². The van der Waals surface area contributed by atoms with Crippen molar-refractivity contribution in [3.8, 4) is 11.5 Å². The van der Waals surface area contributed by atoms with Gasteiger partial charge in [-0.2, -0.15) is 5.10 Å². The molecule has 204 valence electrons. The molecular weight excluding hydrogens is 494 g/mol. The minimum absolute atomic E-state index is 0.0177. The van der Waals surface area contributed by atoms with Crippen molar-refractivity contribution in [3.63, 3.8) is 0 Å². The first kappa shape index (κ1) is 26.3. The number of nitrogens with zero attached hydrogens (tertiary/aromatic N) is 3. The fourth-order valence-corrected chi connectivity index (χ4v) is 5.25. The Labute approximate surface area is 228 Å². The van der Waals surface area contributed by atoms with Crippen molar-refractivity contribution < 1.29 is 19.1 Å². The van der Waals surface area contributed by atoms with Crippen molar-refractivity contribution in [3.05, 3.63) is 77.7 Å². The maximum Gasteiger partial charge on any atom is 0.247 e. The number of H-pyrrole nitrogens is 1. The van der Waals surface area contributed by atoms with Gasteiger partial charge in [-0.05, 0) is 54.7 Å². The number of carbonyl (C=O) groups is 2. The first-order valence-electron chi connectivity index (χ1n) is 13.5. The van der Waals surface area contributed by atoms with E-state index in [2.05, 4.69) is 27.5 Å². The number of hydrogen-bond acceptors (Lipinski definition) is 5. The molecule has 2 aromatic heterocycles. The van der Waals surface area contributed by atoms with Gasteiger partial charge in [0.1, 0.15) is 6.04 Å². The lowest BCUT2D eigenvalue weighted by atomic mass is 10.0. The van der Waals surface area contributed by atoms with Gasteiger partial charge in [0.15, 0.2) is 11.5 Å². The second kappa shape index (κ2) is 12.1. The summed E-state index contributed by atoms with van der Waals surface area (Å²) in [7, 11) is 1.63. The SMILES string of the molecule is CCC(C(=O)N1CCCOc2cc(ccc2OC)Cc2[nH]c3ccccc3c2CCNC(=O)C1)n1cccn1. The summed E-state index contributed by atoms with van der Waals surface area (Å²) in [6, 6.07) is 15.6. The Kier molecular flexibility index (Phi) is 8.15. The molecule has 9 nitrogen and oxygen atoms in total. The van der Waals surface area contributed by atoms with Gasteiger partial charge in [-0.25, -0.2) is 0 Å². The van der Waals surface area contributed by atoms with E-state index in [1.54, 1.807) is 35.2 Å². The summed E-state index contributed by atoms with van der Waals surface area (Å²) < 4.78 is 13.3. The van der Waals surface area contributed by atoms with Gasteiger partial charge in [-0.15, -0.1) is 0 Å². The third-order valence-electron chi connectivity index (χ3n) is 7.20. The van der Waals surface area contributed by atoms with Crippen LogP contribution in [0.15, 0.2) is 60.9 Å². The highest BCUT2D eigenvalue weighted by molar-refractivity contribution is 5.87. The number of amides is 2. The van der Waals surface area contributed by atoms with Gasteiger partial charge in [-0.3, -0.25) is 14.3 Å². The van der Waals surface area contributed by atoms with Crippen LogP contribution >= 0.6 is 0 Å². The Morgan fingerprint density at radius 1 is 1.21 bits per heavy atom. The van der Waals surface area contributed by atoms with E-state index in [0.717, 1.165) is 22.2 Å². The van der Waals surface area contributed by atoms with Gasteiger partial charge in [0.25, 0.3) is 0 Å². The fraction of sp³-hybridized carbons (Fsp3) is 0.367. The minimum Gasteiger partial charge on any atom is -0.493 e. The highest BCUT2D eigenvalue weighted by Crippen LogP contribution is 2.31. The van der Waals surface area contributed by atoms with Gasteiger partial charge < -0.3 is 24.7 Å². The number of aromatic nitrogens is 3. The number of fused-ring (bicyclic) bond motifs is 5. The van der Waals surface area contributed by atoms with Crippen LogP contribution in [0.3, 0.4) is 0 Å². The van der Waals surface area contributed by atoms with E-state index in [1.807, 2.05) is 37.3 Å². The molecule has 0 radical (unpaired) electrons. The normalized spacial score (nSPS) is 15.7. The number of ether oxygens (including phenoxy) is 2. The zero-order valence-electron chi connectivity index (χ0n) is 22.5. The predicted octanol–water partition coefficient (Wildman–Crippen LogP) is 3.88. The van der Waals surface area contributed by atoms with E-state index in [9.17, 15) is 9.59 Å². The molecule has 1 aliphatic rings. The number of hydrogen-bond donors (Lipinski definition) is 2. The molecule has 0 spiro atoms. The van der Waals surface area contributed by atoms with Crippen LogP contribution in [0, 0.1) is 0 Å². The van der Waals surface area contributed by atoms with E-state index < -0.39 is 6.04 Å². The summed E-state index contributed by atoms with van der Waals surface area (Å²) in [6.45, 7) is 3.17. The standard InChI is InChI=1S/C30H35N5O4/c1-3-26(35-16-6-13-32-35)30(37)34-15-7-17-39-28-19-21(10-11-27(28)38-2)18-25-23(12-14-31-29(36)20-34)22-8-4-5-9-24(22)33-25/h4-6,8-11,13,16,19,26,33H,3,7,12,14-15,17-18,20H2,1-2H3,(H,31,36). The molecule has 1 atom stereocenters. The van der Waals surface area contributed by atoms with Crippen molar-refractivity contribution in [2.24, 2.45) is 0 Å². The van der Waals surface area contributed by atoms with Crippen molar-refractivity contribution in [1.29, 1.82) is 0 Å². The van der Waals surface area contributed by atoms with Crippen molar-refractivity contribution in [2.45, 2.75) is 38.6 Å². The molecule has 4 aromatic rings. The lowest BCUT2D eigenvalue weighted by Gasteiger charge is -2.27. The zero-order valence-corrected chi connectivity index (χ0v) is 22.5. The van der Waals surface area contributed by atoms with Crippen molar-refractivity contribution in [1.82, 2.24) is 25.0 Å². The highest BCUT2D eigenvalue weighted by atomic mass is 16.5. The number of rotatable bonds is 4. The summed E-state index contributed by atoms with van der Waals surface area (Å²) in [5, 5.41) is 8.46. The summed E-state index contributed by atoms with van der Waals surface area (Å²) in [5.74, 6) is 1.02. The van der Waals surface area contributed by atoms with Crippen LogP contribution in [0.4, 0.5) is 0 Å². The molecule has 39 heavy (non-hydrogen) atoms. The van der Waals surface area contributed by atoms with Gasteiger partial charge in [0.2, 0.25) is 11.8 Å². The van der Waals surface area contributed by atoms with Gasteiger partial charge in [0.05, 0.1) is 20.3 Å². The van der Waals surface area contributed by atoms with Crippen LogP contribution in [0.25, 0.3) is 10.9 Å². The van der Waals surface area contributed by atoms with E-state index >= 15 is 0 Å². The number of carbonyl (C=O) groups excluding carboxylic acids is 2. The molecular formula is C30H35N5O4. The lowest BCUT2D eigenvalue weighted by Crippen LogP contribution is -2.45. The zero-order chi connectivity index (χ0) is 27.2. The van der Waals surface area contributed by atoms with E-state index in [-0.39, 0.29) is 18.4 Å². The Bertz CT molecular complexity index is 1430. The van der Waals surface area contributed by atoms with Crippen molar-refractivity contribution in [2.75, 3.05) is 33.4 Å². The maximum atomic E-state index is 13.6. The molecule has 0 saturated heterocycles. The Balaban J connectivity index is 1.44. The second-order valence-electron chi connectivity index (χ2n) is 9.76. The molecule has 3 heterocycles. The van der Waals surface area contributed by atoms with E-state index in [4.69, 9.17) is 9.47 Å². The monoisotopic (exact) mass is 529 g/mol. The molecule has 0 fully saturated rings. The minimum atomic E-state index is -0.468. The maximum absolute atomic E-state index is 13.6. The Morgan fingerprint density at radius 3 is 2.87 bits per heavy atom. The number of nitrogens with one attached hydrogen (secondary N) is 2. The van der Waals surface area contributed by atoms with Gasteiger partial charge >= 0.3 is 0 Å². The highest BCUT2D eigenvalue weighted by Gasteiger charge is 2.26. The van der Waals surface area contributed by atoms with Crippen LogP contribution < -0.4 is 14.8 Å². The third-order valence-corrected chi connectivity index (χ3v) is 7.20. The average molecular weight is 530 g/mol. The van der Waals surface area contributed by atoms with Gasteiger partial charge in [-0.1, -0.05) is 31.2 Å². The number of para-hydroxylation sites is 1. The number of aromatic amines is 1. The van der Waals surface area contributed by atoms with Crippen LogP contribution in [-0.2, 0) is 22.4 Å². The van der Waals surface area contributed by atoms with Crippen LogP contribution in [0.5, 0.6) is 11.5 Å². The lowest BCUT2D eigenvalue weighted by molar-refractivity contribution is -0.139. The number of benzene rings is 2. The smallest absolute Gasteiger partial charge is 0.247 e. The number of methoxy groups -OCH3 is 1. The molecule has 0 aliphatic carbocycles. The summed E-state index contributed by atoms with van der Waals surface area (Å²) in [6.07, 6.45) is 5.95. The first-order chi connectivity index (χ1) is 19.1. The largest absolute Gasteiger partial charge is 0.493 e. The fourth-order valence-electron chi connectivity index (χ4n) is 5.25. The molecule has 2 amide bonds. The van der Waals surface area contributed by atoms with Gasteiger partial charge in [0, 0.05) is 48.5 Å². The quantitative estimate of drug-likeness (QED) is 0.418. The molecule has 1 aliphatic heterocycles. The Morgan fingerprint density at radius 2 is 2.08 bits per heavy atom. The summed E-state index contributed by atoms with van der Waals surface area (Å²) >= 11 is 0. The molecule has 1 unspecified atom stereocenters. The summed E-state index contributed by atoms with van der Waals surface area (Å²) in [4.78, 5) is 31.8. The van der Waals surface area contributed by atoms with Crippen LogP contribution in [0.1, 0.15) is 42.6 Å². The molecule has 0 saturated carbocycles. The van der Waals surface area contributed by atoms with Crippen LogP contribution in [0.2, 0.25) is 0 Å². The third kappa shape index (κ3) is 5.92. The van der Waals surface area contributed by atoms with Crippen molar-refractivity contribution >= 4 is 22.7 Å². The predicted molar refractivity (Wildman–Crippen MR) is 149 cm³/mol. The topological polar surface area (TPSA) is 101 Å². The Hall–Kier alpha value is -4.27. The molecule has 5 rings (SSSR count). The average Bonchev–Trinajstić information content (AvgIpc) is 3.59. The molecule has 2 N–H and O–H groups in total. The molecule has 2 aromatic carbocycles. The first-order valence-corrected chi connectivity index (χ1v) is 13.5. The van der Waals surface area contributed by atoms with Crippen LogP contribution in [-0.4, -0.2) is 64.8 Å².